The average molecular weight is 459 g/mol. The van der Waals surface area contributed by atoms with Crippen molar-refractivity contribution in [3.63, 3.8) is 0 Å². The van der Waals surface area contributed by atoms with Gasteiger partial charge in [-0.25, -0.2) is 0 Å². The summed E-state index contributed by atoms with van der Waals surface area (Å²) in [4.78, 5) is 41.4. The molecule has 1 aliphatic heterocycles. The van der Waals surface area contributed by atoms with E-state index in [1.54, 1.807) is 0 Å². The second kappa shape index (κ2) is 11.8. The zero-order valence-corrected chi connectivity index (χ0v) is 20.8. The predicted molar refractivity (Wildman–Crippen MR) is 129 cm³/mol. The molecular weight excluding hydrogens is 416 g/mol. The number of allylic oxidation sites excluding steroid dienone is 2. The predicted octanol–water partition coefficient (Wildman–Crippen LogP) is 4.90. The molecule has 0 radical (unpaired) electrons. The van der Waals surface area contributed by atoms with Gasteiger partial charge in [-0.2, -0.15) is 0 Å². The summed E-state index contributed by atoms with van der Waals surface area (Å²) in [6, 6.07) is 0. The van der Waals surface area contributed by atoms with Crippen molar-refractivity contribution in [1.82, 2.24) is 10.2 Å². The minimum atomic E-state index is -0.830. The number of likely N-dealkylation sites (tertiary alicyclic amines) is 1. The Bertz CT molecular complexity index is 785. The molecule has 1 N–H and O–H groups in total. The molecule has 2 aliphatic carbocycles. The Kier molecular flexibility index (Phi) is 9.16. The molecule has 2 atom stereocenters. The number of hydrogen-bond donors (Lipinski definition) is 1. The molecule has 184 valence electrons. The van der Waals surface area contributed by atoms with Crippen molar-refractivity contribution in [2.45, 2.75) is 90.9 Å². The first-order valence-corrected chi connectivity index (χ1v) is 12.9. The van der Waals surface area contributed by atoms with Crippen molar-refractivity contribution in [3.8, 4) is 0 Å². The fourth-order valence-corrected chi connectivity index (χ4v) is 5.61. The third-order valence-electron chi connectivity index (χ3n) is 7.48. The molecule has 6 nitrogen and oxygen atoms in total. The molecule has 0 spiro atoms. The number of piperidine rings is 1. The van der Waals surface area contributed by atoms with Gasteiger partial charge in [-0.05, 0) is 70.1 Å². The maximum Gasteiger partial charge on any atom is 0.317 e. The third kappa shape index (κ3) is 6.27. The number of esters is 1. The van der Waals surface area contributed by atoms with Crippen molar-refractivity contribution in [3.05, 3.63) is 23.4 Å². The van der Waals surface area contributed by atoms with Crippen molar-refractivity contribution in [2.24, 2.45) is 17.3 Å². The molecule has 0 aromatic rings. The van der Waals surface area contributed by atoms with Crippen LogP contribution < -0.4 is 5.32 Å². The molecule has 33 heavy (non-hydrogen) atoms. The SMILES string of the molecule is COC(=O)[C@]12CCCCC=C1N(CCC1=CCCCC1)C(=O)[C@H](CC(=O)NCCC(C)C)C2. The normalized spacial score (nSPS) is 25.6. The molecule has 1 saturated heterocycles. The summed E-state index contributed by atoms with van der Waals surface area (Å²) in [6.45, 7) is 5.43. The maximum absolute atomic E-state index is 13.7. The third-order valence-corrected chi connectivity index (χ3v) is 7.48. The van der Waals surface area contributed by atoms with Gasteiger partial charge >= 0.3 is 5.97 Å². The van der Waals surface area contributed by atoms with E-state index < -0.39 is 11.3 Å². The summed E-state index contributed by atoms with van der Waals surface area (Å²) in [5, 5.41) is 2.97. The Morgan fingerprint density at radius 1 is 1.18 bits per heavy atom. The number of hydrogen-bond acceptors (Lipinski definition) is 4. The summed E-state index contributed by atoms with van der Waals surface area (Å²) in [6.07, 6.45) is 14.7. The fraction of sp³-hybridized carbons (Fsp3) is 0.741. The first-order valence-electron chi connectivity index (χ1n) is 12.9. The molecule has 2 amide bonds. The lowest BCUT2D eigenvalue weighted by molar-refractivity contribution is -0.159. The van der Waals surface area contributed by atoms with Crippen LogP contribution in [0.5, 0.6) is 0 Å². The maximum atomic E-state index is 13.7. The van der Waals surface area contributed by atoms with Gasteiger partial charge in [0, 0.05) is 31.1 Å². The van der Waals surface area contributed by atoms with Crippen molar-refractivity contribution >= 4 is 17.8 Å². The average Bonchev–Trinajstić information content (AvgIpc) is 3.02. The lowest BCUT2D eigenvalue weighted by Gasteiger charge is -2.46. The molecule has 6 heteroatoms. The van der Waals surface area contributed by atoms with Crippen LogP contribution in [-0.2, 0) is 19.1 Å². The first-order chi connectivity index (χ1) is 15.9. The Hall–Kier alpha value is -2.11. The standard InChI is InChI=1S/C27H42N2O4/c1-20(2)13-16-28-24(30)18-22-19-27(26(32)33-3)15-9-5-8-12-23(27)29(25(22)31)17-14-21-10-6-4-7-11-21/h10,12,20,22H,4-9,11,13-19H2,1-3H3,(H,28,30)/t22-,27+/m1/s1. The zero-order valence-electron chi connectivity index (χ0n) is 20.8. The molecule has 0 aromatic heterocycles. The van der Waals surface area contributed by atoms with Gasteiger partial charge in [0.15, 0.2) is 0 Å². The van der Waals surface area contributed by atoms with E-state index in [4.69, 9.17) is 4.74 Å². The van der Waals surface area contributed by atoms with E-state index in [-0.39, 0.29) is 24.2 Å². The topological polar surface area (TPSA) is 75.7 Å². The summed E-state index contributed by atoms with van der Waals surface area (Å²) in [5.41, 5.74) is 1.40. The summed E-state index contributed by atoms with van der Waals surface area (Å²) >= 11 is 0. The van der Waals surface area contributed by atoms with E-state index in [9.17, 15) is 14.4 Å². The minimum Gasteiger partial charge on any atom is -0.468 e. The summed E-state index contributed by atoms with van der Waals surface area (Å²) in [7, 11) is 1.43. The van der Waals surface area contributed by atoms with Crippen molar-refractivity contribution in [1.29, 1.82) is 0 Å². The van der Waals surface area contributed by atoms with Crippen LogP contribution >= 0.6 is 0 Å². The van der Waals surface area contributed by atoms with E-state index in [0.29, 0.717) is 31.8 Å². The van der Waals surface area contributed by atoms with Crippen LogP contribution in [0.4, 0.5) is 0 Å². The Labute approximate surface area is 199 Å². The number of nitrogens with one attached hydrogen (secondary N) is 1. The van der Waals surface area contributed by atoms with Gasteiger partial charge in [0.25, 0.3) is 0 Å². The molecule has 1 heterocycles. The van der Waals surface area contributed by atoms with E-state index in [2.05, 4.69) is 31.3 Å². The quantitative estimate of drug-likeness (QED) is 0.394. The number of amides is 2. The van der Waals surface area contributed by atoms with Crippen LogP contribution in [-0.4, -0.2) is 42.9 Å². The highest BCUT2D eigenvalue weighted by Crippen LogP contribution is 2.49. The van der Waals surface area contributed by atoms with E-state index in [0.717, 1.165) is 50.6 Å². The molecule has 0 unspecified atom stereocenters. The number of carbonyl (C=O) groups excluding carboxylic acids is 3. The molecule has 0 aromatic carbocycles. The Balaban J connectivity index is 1.84. The van der Waals surface area contributed by atoms with Crippen molar-refractivity contribution < 1.29 is 19.1 Å². The molecule has 0 bridgehead atoms. The highest BCUT2D eigenvalue weighted by atomic mass is 16.5. The van der Waals surface area contributed by atoms with Gasteiger partial charge in [-0.3, -0.25) is 14.4 Å². The molecular formula is C27H42N2O4. The number of nitrogens with zero attached hydrogens (tertiary/aromatic N) is 1. The van der Waals surface area contributed by atoms with Gasteiger partial charge in [0.1, 0.15) is 5.41 Å². The summed E-state index contributed by atoms with van der Waals surface area (Å²) < 4.78 is 5.30. The second-order valence-corrected chi connectivity index (χ2v) is 10.4. The zero-order chi connectivity index (χ0) is 23.8. The van der Waals surface area contributed by atoms with E-state index >= 15 is 0 Å². The Morgan fingerprint density at radius 2 is 1.94 bits per heavy atom. The number of ether oxygens (including phenoxy) is 1. The molecule has 0 saturated carbocycles. The first kappa shape index (κ1) is 25.5. The van der Waals surface area contributed by atoms with Crippen LogP contribution in [0.2, 0.25) is 0 Å². The minimum absolute atomic E-state index is 0.0157. The number of methoxy groups -OCH3 is 1. The highest BCUT2D eigenvalue weighted by molar-refractivity contribution is 5.92. The van der Waals surface area contributed by atoms with Gasteiger partial charge in [0.2, 0.25) is 11.8 Å². The number of carbonyl (C=O) groups is 3. The smallest absolute Gasteiger partial charge is 0.317 e. The Morgan fingerprint density at radius 3 is 2.64 bits per heavy atom. The van der Waals surface area contributed by atoms with Gasteiger partial charge < -0.3 is 15.0 Å². The van der Waals surface area contributed by atoms with Crippen LogP contribution in [0.1, 0.15) is 90.9 Å². The molecule has 3 rings (SSSR count). The molecule has 1 fully saturated rings. The van der Waals surface area contributed by atoms with Crippen LogP contribution in [0.3, 0.4) is 0 Å². The number of fused-ring (bicyclic) bond motifs is 1. The van der Waals surface area contributed by atoms with Gasteiger partial charge in [-0.1, -0.05) is 38.0 Å². The second-order valence-electron chi connectivity index (χ2n) is 10.4. The lowest BCUT2D eigenvalue weighted by Crippen LogP contribution is -2.53. The van der Waals surface area contributed by atoms with E-state index in [1.165, 1.54) is 25.5 Å². The monoisotopic (exact) mass is 458 g/mol. The van der Waals surface area contributed by atoms with Gasteiger partial charge in [-0.15, -0.1) is 0 Å². The number of rotatable bonds is 9. The lowest BCUT2D eigenvalue weighted by atomic mass is 9.69. The van der Waals surface area contributed by atoms with Crippen LogP contribution in [0, 0.1) is 17.3 Å². The largest absolute Gasteiger partial charge is 0.468 e. The van der Waals surface area contributed by atoms with Crippen LogP contribution in [0.25, 0.3) is 0 Å². The van der Waals surface area contributed by atoms with Crippen molar-refractivity contribution in [2.75, 3.05) is 20.2 Å². The van der Waals surface area contributed by atoms with Crippen LogP contribution in [0.15, 0.2) is 23.4 Å². The van der Waals surface area contributed by atoms with E-state index in [1.807, 2.05) is 4.90 Å². The summed E-state index contributed by atoms with van der Waals surface area (Å²) in [5.74, 6) is -0.385. The fourth-order valence-electron chi connectivity index (χ4n) is 5.61. The van der Waals surface area contributed by atoms with Gasteiger partial charge in [0.05, 0.1) is 7.11 Å². The highest BCUT2D eigenvalue weighted by Gasteiger charge is 2.53. The molecule has 3 aliphatic rings.